The first-order valence-corrected chi connectivity index (χ1v) is 7.59. The molecule has 116 valence electrons. The summed E-state index contributed by atoms with van der Waals surface area (Å²) in [6, 6.07) is 7.66. The van der Waals surface area contributed by atoms with Gasteiger partial charge in [-0.2, -0.15) is 5.10 Å². The number of hydrogen-bond donors (Lipinski definition) is 2. The standard InChI is InChI=1S/C15H17BrN4O2/c1-10(21)19-12-5-3-11(4-6-12)7-8-17-13-9-18-20(2)15(22)14(13)16/h3-6,9,17H,7-8H2,1-2H3,(H,19,21). The molecule has 7 heteroatoms. The van der Waals surface area contributed by atoms with E-state index in [-0.39, 0.29) is 11.5 Å². The monoisotopic (exact) mass is 364 g/mol. The van der Waals surface area contributed by atoms with Crippen molar-refractivity contribution in [1.29, 1.82) is 0 Å². The highest BCUT2D eigenvalue weighted by Crippen LogP contribution is 2.16. The molecular formula is C15H17BrN4O2. The number of halogens is 1. The van der Waals surface area contributed by atoms with Gasteiger partial charge in [0.25, 0.3) is 5.56 Å². The molecule has 2 rings (SSSR count). The number of carbonyl (C=O) groups excluding carboxylic acids is 1. The molecule has 1 amide bonds. The van der Waals surface area contributed by atoms with E-state index in [1.807, 2.05) is 24.3 Å². The Morgan fingerprint density at radius 2 is 2.00 bits per heavy atom. The minimum absolute atomic E-state index is 0.0857. The molecule has 1 aromatic heterocycles. The number of hydrogen-bond acceptors (Lipinski definition) is 4. The third kappa shape index (κ3) is 4.17. The van der Waals surface area contributed by atoms with Crippen molar-refractivity contribution in [2.45, 2.75) is 13.3 Å². The van der Waals surface area contributed by atoms with Gasteiger partial charge in [-0.3, -0.25) is 9.59 Å². The van der Waals surface area contributed by atoms with E-state index >= 15 is 0 Å². The Kier molecular flexibility index (Phi) is 5.32. The smallest absolute Gasteiger partial charge is 0.282 e. The minimum atomic E-state index is -0.176. The lowest BCUT2D eigenvalue weighted by Crippen LogP contribution is -2.21. The number of anilines is 2. The first-order chi connectivity index (χ1) is 10.5. The van der Waals surface area contributed by atoms with E-state index in [0.29, 0.717) is 16.7 Å². The summed E-state index contributed by atoms with van der Waals surface area (Å²) in [7, 11) is 1.60. The zero-order valence-corrected chi connectivity index (χ0v) is 14.0. The topological polar surface area (TPSA) is 76.0 Å². The van der Waals surface area contributed by atoms with Crippen LogP contribution in [0.5, 0.6) is 0 Å². The summed E-state index contributed by atoms with van der Waals surface area (Å²) in [5.74, 6) is -0.0857. The van der Waals surface area contributed by atoms with Crippen molar-refractivity contribution in [3.05, 3.63) is 50.9 Å². The lowest BCUT2D eigenvalue weighted by Gasteiger charge is -2.09. The molecular weight excluding hydrogens is 348 g/mol. The predicted molar refractivity (Wildman–Crippen MR) is 90.1 cm³/mol. The summed E-state index contributed by atoms with van der Waals surface area (Å²) in [5.41, 5.74) is 2.42. The van der Waals surface area contributed by atoms with Gasteiger partial charge in [-0.25, -0.2) is 4.68 Å². The van der Waals surface area contributed by atoms with Gasteiger partial charge in [-0.1, -0.05) is 12.1 Å². The Hall–Kier alpha value is -2.15. The van der Waals surface area contributed by atoms with Crippen molar-refractivity contribution in [3.63, 3.8) is 0 Å². The molecule has 6 nitrogen and oxygen atoms in total. The molecule has 1 heterocycles. The molecule has 0 unspecified atom stereocenters. The van der Waals surface area contributed by atoms with E-state index in [4.69, 9.17) is 0 Å². The van der Waals surface area contributed by atoms with Gasteiger partial charge in [0.15, 0.2) is 0 Å². The number of aryl methyl sites for hydroxylation is 1. The molecule has 0 atom stereocenters. The quantitative estimate of drug-likeness (QED) is 0.852. The van der Waals surface area contributed by atoms with Crippen molar-refractivity contribution in [2.24, 2.45) is 7.05 Å². The highest BCUT2D eigenvalue weighted by Gasteiger charge is 2.06. The number of nitrogens with one attached hydrogen (secondary N) is 2. The first kappa shape index (κ1) is 16.2. The minimum Gasteiger partial charge on any atom is -0.382 e. The number of amides is 1. The highest BCUT2D eigenvalue weighted by molar-refractivity contribution is 9.10. The molecule has 0 saturated heterocycles. The predicted octanol–water partition coefficient (Wildman–Crippen LogP) is 2.16. The van der Waals surface area contributed by atoms with E-state index in [2.05, 4.69) is 31.7 Å². The molecule has 0 bridgehead atoms. The summed E-state index contributed by atoms with van der Waals surface area (Å²) in [4.78, 5) is 22.7. The maximum absolute atomic E-state index is 11.7. The van der Waals surface area contributed by atoms with Crippen molar-refractivity contribution in [3.8, 4) is 0 Å². The molecule has 0 fully saturated rings. The Balaban J connectivity index is 1.93. The van der Waals surface area contributed by atoms with Crippen LogP contribution >= 0.6 is 15.9 Å². The molecule has 0 aliphatic rings. The molecule has 0 aliphatic heterocycles. The van der Waals surface area contributed by atoms with Crippen molar-refractivity contribution < 1.29 is 4.79 Å². The van der Waals surface area contributed by atoms with Gasteiger partial charge in [0.2, 0.25) is 5.91 Å². The number of rotatable bonds is 5. The van der Waals surface area contributed by atoms with Crippen LogP contribution in [0.2, 0.25) is 0 Å². The summed E-state index contributed by atoms with van der Waals surface area (Å²) >= 11 is 3.27. The second-order valence-corrected chi connectivity index (χ2v) is 5.65. The van der Waals surface area contributed by atoms with E-state index in [1.54, 1.807) is 13.2 Å². The fourth-order valence-corrected chi connectivity index (χ4v) is 2.43. The lowest BCUT2D eigenvalue weighted by molar-refractivity contribution is -0.114. The maximum atomic E-state index is 11.7. The molecule has 22 heavy (non-hydrogen) atoms. The highest BCUT2D eigenvalue weighted by atomic mass is 79.9. The first-order valence-electron chi connectivity index (χ1n) is 6.79. The molecule has 1 aromatic carbocycles. The third-order valence-electron chi connectivity index (χ3n) is 3.08. The number of benzene rings is 1. The van der Waals surface area contributed by atoms with E-state index in [1.165, 1.54) is 11.6 Å². The normalized spacial score (nSPS) is 10.3. The van der Waals surface area contributed by atoms with Crippen molar-refractivity contribution >= 4 is 33.2 Å². The molecule has 2 N–H and O–H groups in total. The Morgan fingerprint density at radius 3 is 2.64 bits per heavy atom. The van der Waals surface area contributed by atoms with Crippen LogP contribution in [0.25, 0.3) is 0 Å². The van der Waals surface area contributed by atoms with Crippen LogP contribution < -0.4 is 16.2 Å². The average molecular weight is 365 g/mol. The number of nitrogens with zero attached hydrogens (tertiary/aromatic N) is 2. The number of aromatic nitrogens is 2. The van der Waals surface area contributed by atoms with E-state index in [9.17, 15) is 9.59 Å². The fourth-order valence-electron chi connectivity index (χ4n) is 1.93. The Morgan fingerprint density at radius 1 is 1.32 bits per heavy atom. The van der Waals surface area contributed by atoms with Crippen LogP contribution in [0.4, 0.5) is 11.4 Å². The average Bonchev–Trinajstić information content (AvgIpc) is 2.48. The van der Waals surface area contributed by atoms with Crippen molar-refractivity contribution in [2.75, 3.05) is 17.2 Å². The number of carbonyl (C=O) groups is 1. The molecule has 2 aromatic rings. The third-order valence-corrected chi connectivity index (χ3v) is 3.85. The van der Waals surface area contributed by atoms with Crippen LogP contribution in [0.1, 0.15) is 12.5 Å². The van der Waals surface area contributed by atoms with Gasteiger partial charge in [-0.05, 0) is 40.0 Å². The van der Waals surface area contributed by atoms with Gasteiger partial charge >= 0.3 is 0 Å². The van der Waals surface area contributed by atoms with Gasteiger partial charge in [-0.15, -0.1) is 0 Å². The largest absolute Gasteiger partial charge is 0.382 e. The van der Waals surface area contributed by atoms with Crippen LogP contribution in [0.3, 0.4) is 0 Å². The second kappa shape index (κ2) is 7.22. The molecule has 0 aliphatic carbocycles. The van der Waals surface area contributed by atoms with Crippen molar-refractivity contribution in [1.82, 2.24) is 9.78 Å². The van der Waals surface area contributed by atoms with Crippen LogP contribution in [-0.4, -0.2) is 22.2 Å². The fraction of sp³-hybridized carbons (Fsp3) is 0.267. The molecule has 0 radical (unpaired) electrons. The van der Waals surface area contributed by atoms with Gasteiger partial charge in [0, 0.05) is 26.2 Å². The molecule has 0 spiro atoms. The summed E-state index contributed by atoms with van der Waals surface area (Å²) < 4.78 is 1.75. The summed E-state index contributed by atoms with van der Waals surface area (Å²) in [6.07, 6.45) is 2.41. The van der Waals surface area contributed by atoms with Crippen LogP contribution in [-0.2, 0) is 18.3 Å². The second-order valence-electron chi connectivity index (χ2n) is 4.86. The summed E-state index contributed by atoms with van der Waals surface area (Å²) in [5, 5.41) is 9.89. The zero-order valence-electron chi connectivity index (χ0n) is 12.4. The Bertz CT molecular complexity index is 725. The van der Waals surface area contributed by atoms with E-state index in [0.717, 1.165) is 17.7 Å². The molecule has 0 saturated carbocycles. The van der Waals surface area contributed by atoms with Gasteiger partial charge in [0.05, 0.1) is 11.9 Å². The van der Waals surface area contributed by atoms with Crippen LogP contribution in [0, 0.1) is 0 Å². The zero-order chi connectivity index (χ0) is 16.1. The van der Waals surface area contributed by atoms with Gasteiger partial charge in [0.1, 0.15) is 4.47 Å². The van der Waals surface area contributed by atoms with Crippen LogP contribution in [0.15, 0.2) is 39.7 Å². The maximum Gasteiger partial charge on any atom is 0.282 e. The van der Waals surface area contributed by atoms with E-state index < -0.39 is 0 Å². The SMILES string of the molecule is CC(=O)Nc1ccc(CCNc2cnn(C)c(=O)c2Br)cc1. The van der Waals surface area contributed by atoms with Gasteiger partial charge < -0.3 is 10.6 Å². The lowest BCUT2D eigenvalue weighted by atomic mass is 10.1. The Labute approximate surface area is 136 Å². The summed E-state index contributed by atoms with van der Waals surface area (Å²) in [6.45, 7) is 2.15.